The minimum Gasteiger partial charge on any atom is -0.479 e. The van der Waals surface area contributed by atoms with Gasteiger partial charge in [-0.1, -0.05) is 36.4 Å². The van der Waals surface area contributed by atoms with Crippen LogP contribution < -0.4 is 5.73 Å². The molecule has 2 rings (SSSR count). The Balaban J connectivity index is 2.34. The summed E-state index contributed by atoms with van der Waals surface area (Å²) in [6, 6.07) is 12.9. The average Bonchev–Trinajstić information content (AvgIpc) is 2.46. The second kappa shape index (κ2) is 5.77. The fraction of sp³-hybridized carbons (Fsp3) is 0.0714. The summed E-state index contributed by atoms with van der Waals surface area (Å²) < 4.78 is 0. The van der Waals surface area contributed by atoms with E-state index in [4.69, 9.17) is 5.73 Å². The van der Waals surface area contributed by atoms with Gasteiger partial charge in [-0.15, -0.1) is 0 Å². The number of aromatic nitrogens is 1. The number of hydrogen-bond acceptors (Lipinski definition) is 3. The fourth-order valence-corrected chi connectivity index (χ4v) is 1.63. The molecule has 1 aromatic carbocycles. The van der Waals surface area contributed by atoms with Crippen LogP contribution >= 0.6 is 0 Å². The Hall–Kier alpha value is -2.69. The maximum atomic E-state index is 11.3. The summed E-state index contributed by atoms with van der Waals surface area (Å²) in [6.45, 7) is 0. The molecule has 0 aliphatic heterocycles. The van der Waals surface area contributed by atoms with Crippen molar-refractivity contribution in [3.8, 4) is 0 Å². The molecule has 1 heterocycles. The van der Waals surface area contributed by atoms with Crippen LogP contribution in [0.1, 0.15) is 17.3 Å². The van der Waals surface area contributed by atoms with E-state index in [0.717, 1.165) is 0 Å². The Morgan fingerprint density at radius 1 is 1.16 bits per heavy atom. The first-order chi connectivity index (χ1) is 9.18. The van der Waals surface area contributed by atoms with Crippen LogP contribution in [0.3, 0.4) is 0 Å². The molecule has 2 aromatic rings. The van der Waals surface area contributed by atoms with E-state index in [1.54, 1.807) is 48.7 Å². The number of aliphatic carboxylic acids is 1. The zero-order valence-electron chi connectivity index (χ0n) is 10.1. The molecule has 5 heteroatoms. The topological polar surface area (TPSA) is 88.6 Å². The number of hydrogen-bond donors (Lipinski definition) is 2. The van der Waals surface area contributed by atoms with Crippen molar-refractivity contribution in [3.63, 3.8) is 0 Å². The monoisotopic (exact) mass is 255 g/mol. The fourth-order valence-electron chi connectivity index (χ4n) is 1.63. The SMILES string of the molecule is NC(=NC(C(=O)O)c1ccccc1)c1ccccn1. The first-order valence-electron chi connectivity index (χ1n) is 5.71. The van der Waals surface area contributed by atoms with Gasteiger partial charge in [0, 0.05) is 6.20 Å². The van der Waals surface area contributed by atoms with Crippen molar-refractivity contribution in [1.82, 2.24) is 4.98 Å². The summed E-state index contributed by atoms with van der Waals surface area (Å²) in [7, 11) is 0. The Morgan fingerprint density at radius 2 is 1.84 bits per heavy atom. The third-order valence-corrected chi connectivity index (χ3v) is 2.54. The predicted molar refractivity (Wildman–Crippen MR) is 71.8 cm³/mol. The lowest BCUT2D eigenvalue weighted by atomic mass is 10.1. The number of nitrogens with two attached hydrogens (primary N) is 1. The van der Waals surface area contributed by atoms with Crippen LogP contribution in [0.5, 0.6) is 0 Å². The standard InChI is InChI=1S/C14H13N3O2/c15-13(11-8-4-5-9-16-11)17-12(14(18)19)10-6-2-1-3-7-10/h1-9,12H,(H2,15,17)(H,18,19). The third-order valence-electron chi connectivity index (χ3n) is 2.54. The highest BCUT2D eigenvalue weighted by molar-refractivity contribution is 5.97. The molecule has 19 heavy (non-hydrogen) atoms. The summed E-state index contributed by atoms with van der Waals surface area (Å²) in [6.07, 6.45) is 1.58. The van der Waals surface area contributed by atoms with Crippen molar-refractivity contribution in [2.45, 2.75) is 6.04 Å². The van der Waals surface area contributed by atoms with E-state index >= 15 is 0 Å². The molecule has 5 nitrogen and oxygen atoms in total. The van der Waals surface area contributed by atoms with Crippen molar-refractivity contribution in [3.05, 3.63) is 66.0 Å². The van der Waals surface area contributed by atoms with Gasteiger partial charge >= 0.3 is 5.97 Å². The van der Waals surface area contributed by atoms with Gasteiger partial charge in [0.2, 0.25) is 0 Å². The molecule has 3 N–H and O–H groups in total. The number of carbonyl (C=O) groups is 1. The van der Waals surface area contributed by atoms with Gasteiger partial charge in [-0.2, -0.15) is 0 Å². The summed E-state index contributed by atoms with van der Waals surface area (Å²) in [5.41, 5.74) is 6.84. The van der Waals surface area contributed by atoms with Crippen LogP contribution in [-0.2, 0) is 4.79 Å². The van der Waals surface area contributed by atoms with Crippen LogP contribution in [0.25, 0.3) is 0 Å². The van der Waals surface area contributed by atoms with E-state index in [9.17, 15) is 9.90 Å². The molecule has 0 bridgehead atoms. The van der Waals surface area contributed by atoms with Crippen LogP contribution in [0.2, 0.25) is 0 Å². The Labute approximate surface area is 110 Å². The molecular weight excluding hydrogens is 242 g/mol. The minimum atomic E-state index is -1.05. The van der Waals surface area contributed by atoms with Gasteiger partial charge in [0.05, 0.1) is 0 Å². The normalized spacial score (nSPS) is 12.9. The van der Waals surface area contributed by atoms with Gasteiger partial charge < -0.3 is 10.8 Å². The van der Waals surface area contributed by atoms with Crippen molar-refractivity contribution in [2.75, 3.05) is 0 Å². The summed E-state index contributed by atoms with van der Waals surface area (Å²) in [4.78, 5) is 19.4. The predicted octanol–water partition coefficient (Wildman–Crippen LogP) is 1.61. The lowest BCUT2D eigenvalue weighted by Crippen LogP contribution is -2.19. The quantitative estimate of drug-likeness (QED) is 0.641. The molecule has 0 aliphatic rings. The molecule has 0 fully saturated rings. The zero-order chi connectivity index (χ0) is 13.7. The highest BCUT2D eigenvalue weighted by Crippen LogP contribution is 2.17. The van der Waals surface area contributed by atoms with Gasteiger partial charge in [-0.05, 0) is 17.7 Å². The Morgan fingerprint density at radius 3 is 2.42 bits per heavy atom. The van der Waals surface area contributed by atoms with E-state index < -0.39 is 12.0 Å². The van der Waals surface area contributed by atoms with E-state index in [-0.39, 0.29) is 5.84 Å². The molecule has 1 aromatic heterocycles. The number of nitrogens with zero attached hydrogens (tertiary/aromatic N) is 2. The number of amidine groups is 1. The maximum absolute atomic E-state index is 11.3. The lowest BCUT2D eigenvalue weighted by Gasteiger charge is -2.09. The maximum Gasteiger partial charge on any atom is 0.333 e. The molecule has 0 saturated carbocycles. The molecule has 0 saturated heterocycles. The van der Waals surface area contributed by atoms with Crippen LogP contribution in [0, 0.1) is 0 Å². The van der Waals surface area contributed by atoms with Crippen molar-refractivity contribution in [2.24, 2.45) is 10.7 Å². The second-order valence-electron chi connectivity index (χ2n) is 3.88. The second-order valence-corrected chi connectivity index (χ2v) is 3.88. The number of pyridine rings is 1. The highest BCUT2D eigenvalue weighted by Gasteiger charge is 2.19. The number of carboxylic acid groups (broad SMARTS) is 1. The number of aliphatic imine (C=N–C) groups is 1. The number of rotatable bonds is 4. The molecule has 1 unspecified atom stereocenters. The first kappa shape index (κ1) is 12.8. The van der Waals surface area contributed by atoms with E-state index in [1.807, 2.05) is 6.07 Å². The van der Waals surface area contributed by atoms with Gasteiger partial charge in [0.1, 0.15) is 11.5 Å². The van der Waals surface area contributed by atoms with E-state index in [0.29, 0.717) is 11.3 Å². The Kier molecular flexibility index (Phi) is 3.87. The number of carboxylic acids is 1. The van der Waals surface area contributed by atoms with Crippen molar-refractivity contribution >= 4 is 11.8 Å². The molecule has 1 atom stereocenters. The van der Waals surface area contributed by atoms with Gasteiger partial charge in [-0.25, -0.2) is 9.79 Å². The van der Waals surface area contributed by atoms with Crippen molar-refractivity contribution in [1.29, 1.82) is 0 Å². The van der Waals surface area contributed by atoms with Crippen LogP contribution in [0.15, 0.2) is 59.7 Å². The largest absolute Gasteiger partial charge is 0.479 e. The minimum absolute atomic E-state index is 0.108. The molecule has 96 valence electrons. The summed E-state index contributed by atoms with van der Waals surface area (Å²) in [5, 5.41) is 9.24. The first-order valence-corrected chi connectivity index (χ1v) is 5.71. The third kappa shape index (κ3) is 3.16. The lowest BCUT2D eigenvalue weighted by molar-refractivity contribution is -0.138. The van der Waals surface area contributed by atoms with Crippen LogP contribution in [0.4, 0.5) is 0 Å². The molecule has 0 radical (unpaired) electrons. The number of benzene rings is 1. The summed E-state index contributed by atoms with van der Waals surface area (Å²) in [5.74, 6) is -0.943. The Bertz CT molecular complexity index is 582. The van der Waals surface area contributed by atoms with E-state index in [1.165, 1.54) is 0 Å². The molecule has 0 amide bonds. The average molecular weight is 255 g/mol. The highest BCUT2D eigenvalue weighted by atomic mass is 16.4. The molecule has 0 aliphatic carbocycles. The zero-order valence-corrected chi connectivity index (χ0v) is 10.1. The molecule has 0 spiro atoms. The van der Waals surface area contributed by atoms with Crippen molar-refractivity contribution < 1.29 is 9.90 Å². The van der Waals surface area contributed by atoms with Gasteiger partial charge in [0.15, 0.2) is 6.04 Å². The van der Waals surface area contributed by atoms with Gasteiger partial charge in [0.25, 0.3) is 0 Å². The van der Waals surface area contributed by atoms with Gasteiger partial charge in [-0.3, -0.25) is 4.98 Å². The van der Waals surface area contributed by atoms with Crippen LogP contribution in [-0.4, -0.2) is 21.9 Å². The smallest absolute Gasteiger partial charge is 0.333 e. The summed E-state index contributed by atoms with van der Waals surface area (Å²) >= 11 is 0. The van der Waals surface area contributed by atoms with E-state index in [2.05, 4.69) is 9.98 Å². The molecular formula is C14H13N3O2.